The highest BCUT2D eigenvalue weighted by Crippen LogP contribution is 2.49. The molecule has 3 atom stereocenters. The number of carbonyl (C=O) groups is 3. The lowest BCUT2D eigenvalue weighted by molar-refractivity contribution is -0.117. The van der Waals surface area contributed by atoms with E-state index in [1.54, 1.807) is 24.9 Å². The molecule has 0 saturated heterocycles. The molecule has 1 aliphatic carbocycles. The number of alkyl carbamates (subject to hydrolysis) is 1. The van der Waals surface area contributed by atoms with Gasteiger partial charge in [0.2, 0.25) is 5.91 Å². The van der Waals surface area contributed by atoms with Crippen LogP contribution in [0.5, 0.6) is 0 Å². The average molecular weight is 602 g/mol. The minimum Gasteiger partial charge on any atom is -0.445 e. The summed E-state index contributed by atoms with van der Waals surface area (Å²) in [7, 11) is 1.71. The molecule has 0 spiro atoms. The van der Waals surface area contributed by atoms with Gasteiger partial charge in [-0.1, -0.05) is 43.3 Å². The molecule has 0 unspecified atom stereocenters. The quantitative estimate of drug-likeness (QED) is 0.331. The number of fused-ring (bicyclic) bond motifs is 1. The summed E-state index contributed by atoms with van der Waals surface area (Å²) in [5.41, 5.74) is 3.85. The number of aromatic nitrogens is 2. The van der Waals surface area contributed by atoms with Gasteiger partial charge in [0.05, 0.1) is 18.8 Å². The fourth-order valence-electron chi connectivity index (χ4n) is 5.96. The third-order valence-corrected chi connectivity index (χ3v) is 8.25. The first-order chi connectivity index (χ1) is 20.9. The molecular formula is C34H43N5O5. The standard InChI is InChI=1S/C34H43N5O5/c1-22-30(36-32(41)43-21-24-10-8-7-9-11-24)28-18-26(14-15-29(28)39(23(2)40)31(22)25-12-13-25)27-19-35-38(20-27)17-16-37(6)33(42)44-34(3,4)5/h7-11,14-15,18-20,22,25,30-31H,12-13,16-17,21H2,1-6H3,(H,36,41)/t22-,30-,31-/m1/s1. The van der Waals surface area contributed by atoms with Gasteiger partial charge in [0, 0.05) is 49.9 Å². The van der Waals surface area contributed by atoms with Gasteiger partial charge in [-0.05, 0) is 68.4 Å². The predicted octanol–water partition coefficient (Wildman–Crippen LogP) is 6.17. The average Bonchev–Trinajstić information content (AvgIpc) is 3.71. The van der Waals surface area contributed by atoms with Gasteiger partial charge >= 0.3 is 12.2 Å². The highest BCUT2D eigenvalue weighted by atomic mass is 16.6. The van der Waals surface area contributed by atoms with Gasteiger partial charge in [-0.15, -0.1) is 0 Å². The van der Waals surface area contributed by atoms with Crippen LogP contribution < -0.4 is 10.2 Å². The number of hydrogen-bond acceptors (Lipinski definition) is 6. The third-order valence-electron chi connectivity index (χ3n) is 8.25. The molecule has 0 radical (unpaired) electrons. The van der Waals surface area contributed by atoms with Crippen molar-refractivity contribution in [1.29, 1.82) is 0 Å². The first-order valence-corrected chi connectivity index (χ1v) is 15.3. The van der Waals surface area contributed by atoms with E-state index in [4.69, 9.17) is 9.47 Å². The number of benzene rings is 2. The SMILES string of the molecule is CC(=O)N1c2ccc(-c3cnn(CCN(C)C(=O)OC(C)(C)C)c3)cc2[C@H](NC(=O)OCc2ccccc2)[C@@H](C)[C@@H]1C1CC1. The van der Waals surface area contributed by atoms with Gasteiger partial charge in [0.25, 0.3) is 0 Å². The summed E-state index contributed by atoms with van der Waals surface area (Å²) in [6.07, 6.45) is 4.99. The summed E-state index contributed by atoms with van der Waals surface area (Å²) < 4.78 is 12.8. The zero-order valence-corrected chi connectivity index (χ0v) is 26.4. The maximum atomic E-state index is 13.1. The lowest BCUT2D eigenvalue weighted by atomic mass is 9.79. The van der Waals surface area contributed by atoms with Gasteiger partial charge < -0.3 is 24.6 Å². The van der Waals surface area contributed by atoms with Crippen molar-refractivity contribution in [1.82, 2.24) is 20.0 Å². The number of ether oxygens (including phenoxy) is 2. The monoisotopic (exact) mass is 601 g/mol. The van der Waals surface area contributed by atoms with Crippen LogP contribution in [0, 0.1) is 11.8 Å². The fraction of sp³-hybridized carbons (Fsp3) is 0.471. The maximum absolute atomic E-state index is 13.1. The van der Waals surface area contributed by atoms with Gasteiger partial charge in [-0.2, -0.15) is 5.10 Å². The van der Waals surface area contributed by atoms with E-state index in [1.807, 2.05) is 80.4 Å². The van der Waals surface area contributed by atoms with Crippen molar-refractivity contribution in [3.63, 3.8) is 0 Å². The minimum absolute atomic E-state index is 0.00464. The van der Waals surface area contributed by atoms with E-state index in [9.17, 15) is 14.4 Å². The molecule has 234 valence electrons. The van der Waals surface area contributed by atoms with Crippen LogP contribution in [-0.2, 0) is 27.4 Å². The summed E-state index contributed by atoms with van der Waals surface area (Å²) in [4.78, 5) is 41.9. The fourth-order valence-corrected chi connectivity index (χ4v) is 5.96. The molecule has 2 heterocycles. The summed E-state index contributed by atoms with van der Waals surface area (Å²) >= 11 is 0. The molecule has 2 aliphatic rings. The van der Waals surface area contributed by atoms with Crippen LogP contribution >= 0.6 is 0 Å². The molecule has 44 heavy (non-hydrogen) atoms. The highest BCUT2D eigenvalue weighted by molar-refractivity contribution is 5.94. The summed E-state index contributed by atoms with van der Waals surface area (Å²) in [6, 6.07) is 15.3. The van der Waals surface area contributed by atoms with Crippen molar-refractivity contribution in [2.75, 3.05) is 18.5 Å². The lowest BCUT2D eigenvalue weighted by Gasteiger charge is -2.45. The largest absolute Gasteiger partial charge is 0.445 e. The summed E-state index contributed by atoms with van der Waals surface area (Å²) in [6.45, 7) is 10.3. The second-order valence-electron chi connectivity index (χ2n) is 12.9. The number of likely N-dealkylation sites (N-methyl/N-ethyl adjacent to an activating group) is 1. The number of carbonyl (C=O) groups excluding carboxylic acids is 3. The maximum Gasteiger partial charge on any atom is 0.410 e. The summed E-state index contributed by atoms with van der Waals surface area (Å²) in [5.74, 6) is 0.378. The Labute approximate surface area is 259 Å². The van der Waals surface area contributed by atoms with Gasteiger partial charge in [-0.25, -0.2) is 9.59 Å². The number of rotatable bonds is 8. The highest BCUT2D eigenvalue weighted by Gasteiger charge is 2.48. The van der Waals surface area contributed by atoms with Crippen LogP contribution in [0.15, 0.2) is 60.9 Å². The van der Waals surface area contributed by atoms with E-state index in [-0.39, 0.29) is 36.6 Å². The molecule has 1 N–H and O–H groups in total. The van der Waals surface area contributed by atoms with Crippen molar-refractivity contribution in [2.24, 2.45) is 11.8 Å². The van der Waals surface area contributed by atoms with Gasteiger partial charge in [0.1, 0.15) is 12.2 Å². The first-order valence-electron chi connectivity index (χ1n) is 15.3. The Morgan fingerprint density at radius 2 is 1.80 bits per heavy atom. The Morgan fingerprint density at radius 1 is 1.07 bits per heavy atom. The molecule has 3 amide bonds. The molecule has 1 aliphatic heterocycles. The van der Waals surface area contributed by atoms with Gasteiger partial charge in [-0.3, -0.25) is 9.48 Å². The normalized spacial score (nSPS) is 19.6. The molecule has 10 nitrogen and oxygen atoms in total. The van der Waals surface area contributed by atoms with Crippen LogP contribution in [0.4, 0.5) is 15.3 Å². The van der Waals surface area contributed by atoms with Crippen LogP contribution in [0.3, 0.4) is 0 Å². The van der Waals surface area contributed by atoms with E-state index in [2.05, 4.69) is 17.3 Å². The molecule has 1 saturated carbocycles. The topological polar surface area (TPSA) is 106 Å². The van der Waals surface area contributed by atoms with Crippen LogP contribution in [0.2, 0.25) is 0 Å². The molecule has 3 aromatic rings. The lowest BCUT2D eigenvalue weighted by Crippen LogP contribution is -2.53. The predicted molar refractivity (Wildman–Crippen MR) is 168 cm³/mol. The number of nitrogens with one attached hydrogen (secondary N) is 1. The van der Waals surface area contributed by atoms with E-state index >= 15 is 0 Å². The van der Waals surface area contributed by atoms with Gasteiger partial charge in [0.15, 0.2) is 0 Å². The molecular weight excluding hydrogens is 558 g/mol. The molecule has 2 aromatic carbocycles. The Morgan fingerprint density at radius 3 is 2.45 bits per heavy atom. The van der Waals surface area contributed by atoms with Crippen LogP contribution in [0.25, 0.3) is 11.1 Å². The number of hydrogen-bond donors (Lipinski definition) is 1. The van der Waals surface area contributed by atoms with Crippen molar-refractivity contribution in [3.8, 4) is 11.1 Å². The third kappa shape index (κ3) is 7.23. The Hall–Kier alpha value is -4.34. The van der Waals surface area contributed by atoms with E-state index in [1.165, 1.54) is 4.90 Å². The van der Waals surface area contributed by atoms with E-state index in [0.29, 0.717) is 19.0 Å². The minimum atomic E-state index is -0.559. The Kier molecular flexibility index (Phi) is 8.99. The number of amides is 3. The van der Waals surface area contributed by atoms with E-state index in [0.717, 1.165) is 40.8 Å². The van der Waals surface area contributed by atoms with Crippen molar-refractivity contribution < 1.29 is 23.9 Å². The number of anilines is 1. The summed E-state index contributed by atoms with van der Waals surface area (Å²) in [5, 5.41) is 7.66. The van der Waals surface area contributed by atoms with Crippen molar-refractivity contribution in [2.45, 2.75) is 78.3 Å². The van der Waals surface area contributed by atoms with Crippen molar-refractivity contribution >= 4 is 23.8 Å². The Bertz CT molecular complexity index is 1490. The van der Waals surface area contributed by atoms with Crippen LogP contribution in [-0.4, -0.2) is 58.0 Å². The Balaban J connectivity index is 1.37. The second-order valence-corrected chi connectivity index (χ2v) is 12.9. The second kappa shape index (κ2) is 12.7. The smallest absolute Gasteiger partial charge is 0.410 e. The molecule has 1 fully saturated rings. The number of nitrogens with zero attached hydrogens (tertiary/aromatic N) is 4. The molecule has 5 rings (SSSR count). The molecule has 10 heteroatoms. The van der Waals surface area contributed by atoms with Crippen molar-refractivity contribution in [3.05, 3.63) is 72.1 Å². The zero-order chi connectivity index (χ0) is 31.6. The molecule has 1 aromatic heterocycles. The molecule has 0 bridgehead atoms. The zero-order valence-electron chi connectivity index (χ0n) is 26.4. The van der Waals surface area contributed by atoms with Crippen LogP contribution in [0.1, 0.15) is 64.6 Å². The first kappa shape index (κ1) is 31.1. The van der Waals surface area contributed by atoms with E-state index < -0.39 is 11.7 Å².